The van der Waals surface area contributed by atoms with Crippen molar-refractivity contribution in [2.24, 2.45) is 0 Å². The number of rotatable bonds is 7. The van der Waals surface area contributed by atoms with Gasteiger partial charge in [0.15, 0.2) is 0 Å². The van der Waals surface area contributed by atoms with E-state index in [0.717, 1.165) is 45.2 Å². The van der Waals surface area contributed by atoms with Crippen molar-refractivity contribution in [3.63, 3.8) is 0 Å². The summed E-state index contributed by atoms with van der Waals surface area (Å²) in [6, 6.07) is 15.6. The van der Waals surface area contributed by atoms with Crippen molar-refractivity contribution < 1.29 is 13.2 Å². The van der Waals surface area contributed by atoms with Crippen LogP contribution >= 0.6 is 0 Å². The SMILES string of the molecule is C=CS(=O)(=O)N1CCC1COc1cnccc1-c1[nH]c2cccnc2c1-c1ccccc1. The Balaban J connectivity index is 1.53. The number of sulfonamides is 1. The highest BCUT2D eigenvalue weighted by Crippen LogP contribution is 2.40. The van der Waals surface area contributed by atoms with Gasteiger partial charge in [0.05, 0.1) is 29.0 Å². The molecule has 162 valence electrons. The van der Waals surface area contributed by atoms with Gasteiger partial charge in [0.25, 0.3) is 0 Å². The van der Waals surface area contributed by atoms with Crippen LogP contribution in [0.5, 0.6) is 5.75 Å². The molecular weight excluding hydrogens is 424 g/mol. The molecule has 0 radical (unpaired) electrons. The molecular formula is C24H22N4O3S. The predicted molar refractivity (Wildman–Crippen MR) is 124 cm³/mol. The van der Waals surface area contributed by atoms with E-state index in [1.807, 2.05) is 36.4 Å². The van der Waals surface area contributed by atoms with Crippen LogP contribution in [0.1, 0.15) is 6.42 Å². The van der Waals surface area contributed by atoms with Crippen LogP contribution in [0.2, 0.25) is 0 Å². The van der Waals surface area contributed by atoms with E-state index in [0.29, 0.717) is 12.3 Å². The van der Waals surface area contributed by atoms with Crippen molar-refractivity contribution >= 4 is 21.1 Å². The summed E-state index contributed by atoms with van der Waals surface area (Å²) in [5, 5.41) is 0.984. The lowest BCUT2D eigenvalue weighted by Crippen LogP contribution is -2.53. The zero-order valence-electron chi connectivity index (χ0n) is 17.3. The molecule has 4 aromatic rings. The van der Waals surface area contributed by atoms with Crippen LogP contribution in [0.15, 0.2) is 79.1 Å². The van der Waals surface area contributed by atoms with Gasteiger partial charge in [0, 0.05) is 35.5 Å². The van der Waals surface area contributed by atoms with Crippen LogP contribution in [0.4, 0.5) is 0 Å². The van der Waals surface area contributed by atoms with Gasteiger partial charge in [0.1, 0.15) is 12.4 Å². The number of fused-ring (bicyclic) bond motifs is 1. The van der Waals surface area contributed by atoms with E-state index in [4.69, 9.17) is 4.74 Å². The highest BCUT2D eigenvalue weighted by atomic mass is 32.2. The lowest BCUT2D eigenvalue weighted by Gasteiger charge is -2.38. The lowest BCUT2D eigenvalue weighted by atomic mass is 10.0. The van der Waals surface area contributed by atoms with E-state index in [1.54, 1.807) is 18.6 Å². The Labute approximate surface area is 186 Å². The average Bonchev–Trinajstić information content (AvgIpc) is 3.18. The van der Waals surface area contributed by atoms with Crippen molar-refractivity contribution in [2.45, 2.75) is 12.5 Å². The third kappa shape index (κ3) is 3.57. The quantitative estimate of drug-likeness (QED) is 0.459. The zero-order valence-corrected chi connectivity index (χ0v) is 18.1. The third-order valence-electron chi connectivity index (χ3n) is 5.73. The Morgan fingerprint density at radius 1 is 1.16 bits per heavy atom. The van der Waals surface area contributed by atoms with Crippen LogP contribution in [0.25, 0.3) is 33.4 Å². The molecule has 0 aliphatic carbocycles. The van der Waals surface area contributed by atoms with Gasteiger partial charge in [-0.3, -0.25) is 9.97 Å². The number of aromatic nitrogens is 3. The van der Waals surface area contributed by atoms with Gasteiger partial charge in [-0.1, -0.05) is 36.9 Å². The summed E-state index contributed by atoms with van der Waals surface area (Å²) in [6.45, 7) is 4.13. The Hall–Kier alpha value is -3.49. The summed E-state index contributed by atoms with van der Waals surface area (Å²) in [6.07, 6.45) is 5.90. The zero-order chi connectivity index (χ0) is 22.1. The molecule has 32 heavy (non-hydrogen) atoms. The smallest absolute Gasteiger partial charge is 0.236 e. The van der Waals surface area contributed by atoms with E-state index in [1.165, 1.54) is 4.31 Å². The van der Waals surface area contributed by atoms with Gasteiger partial charge >= 0.3 is 0 Å². The number of aromatic amines is 1. The predicted octanol–water partition coefficient (Wildman–Crippen LogP) is 4.22. The van der Waals surface area contributed by atoms with E-state index in [-0.39, 0.29) is 12.6 Å². The molecule has 1 saturated heterocycles. The minimum atomic E-state index is -3.45. The first-order valence-electron chi connectivity index (χ1n) is 10.3. The van der Waals surface area contributed by atoms with Gasteiger partial charge in [-0.15, -0.1) is 0 Å². The second kappa shape index (κ2) is 8.22. The maximum atomic E-state index is 12.1. The minimum Gasteiger partial charge on any atom is -0.490 e. The van der Waals surface area contributed by atoms with E-state index < -0.39 is 10.0 Å². The van der Waals surface area contributed by atoms with Crippen molar-refractivity contribution in [2.75, 3.05) is 13.2 Å². The minimum absolute atomic E-state index is 0.218. The number of pyridine rings is 2. The molecule has 3 aromatic heterocycles. The Morgan fingerprint density at radius 3 is 2.75 bits per heavy atom. The normalized spacial score (nSPS) is 16.6. The molecule has 7 nitrogen and oxygen atoms in total. The average molecular weight is 447 g/mol. The second-order valence-electron chi connectivity index (χ2n) is 7.59. The van der Waals surface area contributed by atoms with E-state index in [9.17, 15) is 8.42 Å². The standard InChI is InChI=1S/C24H22N4O3S/c1-2-32(29,30)28-14-11-18(28)16-31-21-15-25-13-10-19(21)23-22(17-7-4-3-5-8-17)24-20(27-23)9-6-12-26-24/h2-10,12-13,15,18,27H,1,11,14,16H2. The summed E-state index contributed by atoms with van der Waals surface area (Å²) in [5.74, 6) is 0.582. The summed E-state index contributed by atoms with van der Waals surface area (Å²) in [7, 11) is -3.45. The molecule has 4 heterocycles. The Morgan fingerprint density at radius 2 is 2.00 bits per heavy atom. The maximum Gasteiger partial charge on any atom is 0.236 e. The highest BCUT2D eigenvalue weighted by Gasteiger charge is 2.36. The molecule has 1 atom stereocenters. The first-order chi connectivity index (χ1) is 15.6. The maximum absolute atomic E-state index is 12.1. The second-order valence-corrected chi connectivity index (χ2v) is 9.42. The van der Waals surface area contributed by atoms with Crippen LogP contribution in [-0.4, -0.2) is 46.9 Å². The molecule has 1 aliphatic rings. The van der Waals surface area contributed by atoms with Crippen molar-refractivity contribution in [3.05, 3.63) is 79.1 Å². The molecule has 1 N–H and O–H groups in total. The monoisotopic (exact) mass is 446 g/mol. The van der Waals surface area contributed by atoms with Gasteiger partial charge in [-0.2, -0.15) is 4.31 Å². The number of benzene rings is 1. The first-order valence-corrected chi connectivity index (χ1v) is 11.8. The van der Waals surface area contributed by atoms with Crippen LogP contribution in [0, 0.1) is 0 Å². The molecule has 1 unspecified atom stereocenters. The summed E-state index contributed by atoms with van der Waals surface area (Å²) in [5.41, 5.74) is 5.54. The fraction of sp³-hybridized carbons (Fsp3) is 0.167. The van der Waals surface area contributed by atoms with Gasteiger partial charge in [0.2, 0.25) is 10.0 Å². The first kappa shape index (κ1) is 20.4. The summed E-state index contributed by atoms with van der Waals surface area (Å²) < 4.78 is 31.8. The third-order valence-corrected chi connectivity index (χ3v) is 7.28. The fourth-order valence-electron chi connectivity index (χ4n) is 4.01. The molecule has 0 saturated carbocycles. The van der Waals surface area contributed by atoms with Crippen LogP contribution < -0.4 is 4.74 Å². The number of nitrogens with zero attached hydrogens (tertiary/aromatic N) is 3. The molecule has 1 fully saturated rings. The molecule has 0 amide bonds. The Kier molecular flexibility index (Phi) is 5.24. The van der Waals surface area contributed by atoms with Crippen molar-refractivity contribution in [3.8, 4) is 28.1 Å². The highest BCUT2D eigenvalue weighted by molar-refractivity contribution is 7.92. The topological polar surface area (TPSA) is 88.2 Å². The number of ether oxygens (including phenoxy) is 1. The van der Waals surface area contributed by atoms with Gasteiger partial charge < -0.3 is 9.72 Å². The van der Waals surface area contributed by atoms with Crippen molar-refractivity contribution in [1.82, 2.24) is 19.3 Å². The van der Waals surface area contributed by atoms with Crippen LogP contribution in [-0.2, 0) is 10.0 Å². The molecule has 0 bridgehead atoms. The number of hydrogen-bond acceptors (Lipinski definition) is 5. The van der Waals surface area contributed by atoms with E-state index >= 15 is 0 Å². The fourth-order valence-corrected chi connectivity index (χ4v) is 5.14. The van der Waals surface area contributed by atoms with Crippen LogP contribution in [0.3, 0.4) is 0 Å². The lowest BCUT2D eigenvalue weighted by molar-refractivity contribution is 0.130. The summed E-state index contributed by atoms with van der Waals surface area (Å²) >= 11 is 0. The van der Waals surface area contributed by atoms with Gasteiger partial charge in [-0.25, -0.2) is 8.42 Å². The molecule has 1 aromatic carbocycles. The molecule has 8 heteroatoms. The molecule has 0 spiro atoms. The largest absolute Gasteiger partial charge is 0.490 e. The van der Waals surface area contributed by atoms with Gasteiger partial charge in [-0.05, 0) is 30.2 Å². The Bertz CT molecular complexity index is 1380. The number of H-pyrrole nitrogens is 1. The molecule has 1 aliphatic heterocycles. The molecule has 5 rings (SSSR count). The number of nitrogens with one attached hydrogen (secondary N) is 1. The summed E-state index contributed by atoms with van der Waals surface area (Å²) in [4.78, 5) is 12.3. The number of hydrogen-bond donors (Lipinski definition) is 1. The van der Waals surface area contributed by atoms with E-state index in [2.05, 4.69) is 33.7 Å². The van der Waals surface area contributed by atoms with Crippen molar-refractivity contribution in [1.29, 1.82) is 0 Å².